The van der Waals surface area contributed by atoms with Crippen LogP contribution in [0.3, 0.4) is 0 Å². The average molecular weight is 1900 g/mol. The molecule has 31 aromatic rings. The van der Waals surface area contributed by atoms with E-state index in [9.17, 15) is 5.26 Å². The molecule has 0 saturated heterocycles. The fourth-order valence-electron chi connectivity index (χ4n) is 24.3. The summed E-state index contributed by atoms with van der Waals surface area (Å²) in [5.74, 6) is 0. The lowest BCUT2D eigenvalue weighted by Crippen LogP contribution is -1.95. The van der Waals surface area contributed by atoms with Gasteiger partial charge >= 0.3 is 0 Å². The largest absolute Gasteiger partial charge is 0.256 e. The lowest BCUT2D eigenvalue weighted by Gasteiger charge is -2.19. The zero-order chi connectivity index (χ0) is 99.0. The molecule has 0 aliphatic carbocycles. The Labute approximate surface area is 861 Å². The van der Waals surface area contributed by atoms with E-state index in [1.807, 2.05) is 61.2 Å². The summed E-state index contributed by atoms with van der Waals surface area (Å²) in [4.78, 5) is 36.1. The fraction of sp³-hybridized carbons (Fsp3) is 0. The van der Waals surface area contributed by atoms with Crippen LogP contribution in [0.2, 0.25) is 0 Å². The van der Waals surface area contributed by atoms with Gasteiger partial charge in [-0.05, 0) is 208 Å². The van der Waals surface area contributed by atoms with Crippen LogP contribution in [-0.4, -0.2) is 34.9 Å². The van der Waals surface area contributed by atoms with E-state index in [0.29, 0.717) is 5.56 Å². The van der Waals surface area contributed by atoms with Crippen LogP contribution >= 0.6 is 0 Å². The van der Waals surface area contributed by atoms with Crippen molar-refractivity contribution < 1.29 is 0 Å². The van der Waals surface area contributed by atoms with Gasteiger partial charge in [0, 0.05) is 122 Å². The minimum absolute atomic E-state index is 0.651. The van der Waals surface area contributed by atoms with Crippen molar-refractivity contribution in [2.24, 2.45) is 0 Å². The Morgan fingerprint density at radius 2 is 0.393 bits per heavy atom. The van der Waals surface area contributed by atoms with E-state index in [0.717, 1.165) is 159 Å². The topological polar surface area (TPSA) is 114 Å². The van der Waals surface area contributed by atoms with Crippen LogP contribution in [0.5, 0.6) is 0 Å². The molecule has 0 bridgehead atoms. The van der Waals surface area contributed by atoms with Crippen molar-refractivity contribution in [2.75, 3.05) is 0 Å². The minimum Gasteiger partial charge on any atom is -0.256 e. The summed E-state index contributed by atoms with van der Waals surface area (Å²) in [6, 6.07) is 175. The number of benzene rings is 24. The Morgan fingerprint density at radius 1 is 0.153 bits per heavy atom. The highest BCUT2D eigenvalue weighted by molar-refractivity contribution is 6.38. The number of hydrogen-bond donors (Lipinski definition) is 0. The van der Waals surface area contributed by atoms with Crippen molar-refractivity contribution in [1.82, 2.24) is 34.9 Å². The lowest BCUT2D eigenvalue weighted by atomic mass is 9.84. The second kappa shape index (κ2) is 35.7. The molecule has 0 amide bonds. The van der Waals surface area contributed by atoms with Gasteiger partial charge in [-0.1, -0.05) is 431 Å². The maximum absolute atomic E-state index is 9.46. The second-order valence-electron chi connectivity index (χ2n) is 38.7. The normalized spacial score (nSPS) is 11.7. The van der Waals surface area contributed by atoms with Gasteiger partial charge in [-0.25, -0.2) is 15.0 Å². The fourth-order valence-corrected chi connectivity index (χ4v) is 24.3. The van der Waals surface area contributed by atoms with E-state index in [1.54, 1.807) is 0 Å². The molecule has 150 heavy (non-hydrogen) atoms. The highest BCUT2D eigenvalue weighted by atomic mass is 14.8. The third kappa shape index (κ3) is 13.9. The summed E-state index contributed by atoms with van der Waals surface area (Å²) in [6.07, 6.45) is 7.49. The van der Waals surface area contributed by atoms with E-state index in [4.69, 9.17) is 34.9 Å². The van der Waals surface area contributed by atoms with Crippen LogP contribution in [-0.2, 0) is 0 Å². The first-order valence-corrected chi connectivity index (χ1v) is 50.9. The SMILES string of the molecule is N#Cc1ccc(-c2c3ccccc3c(-c3ccc4c(c3)nc(-c3ccccc3)c3c5cccnc5c5ncccc5c43)c3ccccc23)cc1.c1ccc(-c2c3ccccc3c(-c3ccc4c(c3)nc(-c3ccccc3)c3c5ccccc5c5ncccc5c43)c3ccccc23)cc1.c1ccc(-c2nc3cc(-c4c5ccccc5c(-c5cccc6ccccc56)c5ccccc45)ccc3c3c4cccnc4c4ccccc4c23)cc1. The van der Waals surface area contributed by atoms with Gasteiger partial charge in [-0.15, -0.1) is 0 Å². The van der Waals surface area contributed by atoms with Gasteiger partial charge < -0.3 is 0 Å². The van der Waals surface area contributed by atoms with Crippen LogP contribution in [0.1, 0.15) is 5.56 Å². The number of rotatable bonds is 9. The van der Waals surface area contributed by atoms with Crippen molar-refractivity contribution in [2.45, 2.75) is 0 Å². The number of pyridine rings is 7. The van der Waals surface area contributed by atoms with Crippen LogP contribution in [0.15, 0.2) is 510 Å². The van der Waals surface area contributed by atoms with Crippen molar-refractivity contribution in [3.63, 3.8) is 0 Å². The molecule has 24 aromatic carbocycles. The average Bonchev–Trinajstić information content (AvgIpc) is 0.713. The number of nitrogens with zero attached hydrogens (tertiary/aromatic N) is 8. The Balaban J connectivity index is 0.000000106. The standard InChI is InChI=1S/C50H30N2.C46H26N4.C46H28N2/c1-2-15-32(16-3-1)49-48-40-23-10-11-24-41(40)50-43(26-13-29-51-50)47(48)42-28-27-33(30-44(42)52-49)45-36-19-6-8-21-38(36)46(39-22-9-7-20-37(39)45)35-25-12-17-31-14-4-5-18-34(31)35;47-27-28-18-20-29(21-19-28)40-32-12-4-6-14-34(32)41(35-15-7-5-13-33(35)40)31-22-23-36-39(26-31)50-44(30-10-2-1-3-11-30)43-38-17-9-25-49-46(38)45-37(42(36)43)16-8-24-48-45;1-3-14-29(15-4-1)41-32-18-7-9-20-34(32)42(35-21-10-8-19-33(35)41)31-25-26-38-40(28-31)48-45(30-16-5-2-6-17-30)44-36-22-11-12-23-37(36)46-39(43(38)44)24-13-27-47-46/h1-30H;1-26H;1-28H. The quantitative estimate of drug-likeness (QED) is 0.104. The minimum atomic E-state index is 0.651. The summed E-state index contributed by atoms with van der Waals surface area (Å²) >= 11 is 0. The zero-order valence-corrected chi connectivity index (χ0v) is 81.1. The third-order valence-corrected chi connectivity index (χ3v) is 30.6. The Morgan fingerprint density at radius 3 is 0.733 bits per heavy atom. The zero-order valence-electron chi connectivity index (χ0n) is 81.1. The maximum atomic E-state index is 9.46. The van der Waals surface area contributed by atoms with Gasteiger partial charge in [0.15, 0.2) is 0 Å². The van der Waals surface area contributed by atoms with Crippen LogP contribution in [0, 0.1) is 11.3 Å². The van der Waals surface area contributed by atoms with Gasteiger partial charge in [0.1, 0.15) is 0 Å². The molecule has 0 saturated carbocycles. The van der Waals surface area contributed by atoms with Crippen molar-refractivity contribution in [3.05, 3.63) is 516 Å². The molecule has 0 atom stereocenters. The first-order chi connectivity index (χ1) is 74.5. The first-order valence-electron chi connectivity index (χ1n) is 50.9. The van der Waals surface area contributed by atoms with E-state index in [1.165, 1.54) is 147 Å². The summed E-state index contributed by atoms with van der Waals surface area (Å²) in [6.45, 7) is 0. The Hall–Kier alpha value is -20.2. The van der Waals surface area contributed by atoms with Gasteiger partial charge in [0.2, 0.25) is 0 Å². The Bertz CT molecular complexity index is 11000. The molecule has 31 rings (SSSR count). The number of nitriles is 1. The molecule has 7 aromatic heterocycles. The lowest BCUT2D eigenvalue weighted by molar-refractivity contribution is 1.38. The molecule has 0 aliphatic rings. The van der Waals surface area contributed by atoms with E-state index < -0.39 is 0 Å². The number of fused-ring (bicyclic) bond motifs is 31. The molecule has 8 heteroatoms. The molecule has 692 valence electrons. The summed E-state index contributed by atoms with van der Waals surface area (Å²) < 4.78 is 0. The number of hydrogen-bond acceptors (Lipinski definition) is 8. The first kappa shape index (κ1) is 86.4. The van der Waals surface area contributed by atoms with Crippen molar-refractivity contribution in [1.29, 1.82) is 5.26 Å². The van der Waals surface area contributed by atoms with Crippen LogP contribution in [0.4, 0.5) is 0 Å². The van der Waals surface area contributed by atoms with Gasteiger partial charge in [0.05, 0.1) is 67.3 Å². The van der Waals surface area contributed by atoms with E-state index in [-0.39, 0.29) is 0 Å². The second-order valence-corrected chi connectivity index (χ2v) is 38.7. The molecule has 8 nitrogen and oxygen atoms in total. The maximum Gasteiger partial charge on any atom is 0.0991 e. The molecular weight excluding hydrogens is 1820 g/mol. The number of aromatic nitrogens is 7. The highest BCUT2D eigenvalue weighted by Gasteiger charge is 2.28. The summed E-state index contributed by atoms with van der Waals surface area (Å²) in [7, 11) is 0. The van der Waals surface area contributed by atoms with E-state index >= 15 is 0 Å². The van der Waals surface area contributed by atoms with Gasteiger partial charge in [0.25, 0.3) is 0 Å². The van der Waals surface area contributed by atoms with Crippen molar-refractivity contribution in [3.8, 4) is 107 Å². The molecule has 0 radical (unpaired) electrons. The predicted molar refractivity (Wildman–Crippen MR) is 630 cm³/mol. The summed E-state index contributed by atoms with van der Waals surface area (Å²) in [5.41, 5.74) is 27.8. The van der Waals surface area contributed by atoms with Crippen molar-refractivity contribution >= 4 is 206 Å². The van der Waals surface area contributed by atoms with Crippen LogP contribution in [0.25, 0.3) is 306 Å². The van der Waals surface area contributed by atoms with Crippen LogP contribution < -0.4 is 0 Å². The smallest absolute Gasteiger partial charge is 0.0991 e. The molecule has 0 spiro atoms. The van der Waals surface area contributed by atoms with Gasteiger partial charge in [-0.3, -0.25) is 19.9 Å². The Kier molecular flexibility index (Phi) is 20.6. The highest BCUT2D eigenvalue weighted by Crippen LogP contribution is 2.54. The third-order valence-electron chi connectivity index (χ3n) is 30.6. The molecule has 0 unspecified atom stereocenters. The molecule has 7 heterocycles. The molecule has 0 N–H and O–H groups in total. The molecular formula is C142H84N8. The summed E-state index contributed by atoms with van der Waals surface area (Å²) in [5, 5.41) is 45.8. The predicted octanol–water partition coefficient (Wildman–Crippen LogP) is 37.6. The molecule has 0 fully saturated rings. The van der Waals surface area contributed by atoms with Gasteiger partial charge in [-0.2, -0.15) is 5.26 Å². The molecule has 0 aliphatic heterocycles. The van der Waals surface area contributed by atoms with E-state index in [2.05, 4.69) is 455 Å². The monoisotopic (exact) mass is 1900 g/mol.